The van der Waals surface area contributed by atoms with Crippen LogP contribution in [0.25, 0.3) is 0 Å². The Morgan fingerprint density at radius 1 is 1.53 bits per heavy atom. The van der Waals surface area contributed by atoms with Crippen LogP contribution in [0.1, 0.15) is 26.7 Å². The highest BCUT2D eigenvalue weighted by Crippen LogP contribution is 2.42. The van der Waals surface area contributed by atoms with Crippen LogP contribution in [-0.2, 0) is 14.3 Å². The van der Waals surface area contributed by atoms with E-state index in [4.69, 9.17) is 4.74 Å². The zero-order chi connectivity index (χ0) is 14.0. The van der Waals surface area contributed by atoms with Crippen molar-refractivity contribution in [2.75, 3.05) is 13.2 Å². The molecule has 104 valence electrons. The fraction of sp³-hybridized carbons (Fsp3) is 0.615. The second kappa shape index (κ2) is 5.03. The number of carbonyl (C=O) groups excluding carboxylic acids is 3. The summed E-state index contributed by atoms with van der Waals surface area (Å²) in [5.41, 5.74) is -0.847. The van der Waals surface area contributed by atoms with E-state index in [1.807, 2.05) is 6.92 Å². The number of ether oxygens (including phenoxy) is 1. The summed E-state index contributed by atoms with van der Waals surface area (Å²) in [5.74, 6) is -0.724. The quantitative estimate of drug-likeness (QED) is 0.454. The molecule has 1 aliphatic carbocycles. The number of esters is 1. The van der Waals surface area contributed by atoms with E-state index >= 15 is 0 Å². The molecule has 0 aromatic heterocycles. The molecule has 1 heterocycles. The molecule has 1 unspecified atom stereocenters. The Labute approximate surface area is 111 Å². The minimum Gasteiger partial charge on any atom is -0.460 e. The predicted octanol–water partition coefficient (Wildman–Crippen LogP) is 0.826. The fourth-order valence-electron chi connectivity index (χ4n) is 2.21. The summed E-state index contributed by atoms with van der Waals surface area (Å²) in [6, 6.07) is -0.512. The summed E-state index contributed by atoms with van der Waals surface area (Å²) in [6.07, 6.45) is 5.30. The average molecular weight is 266 g/mol. The van der Waals surface area contributed by atoms with Crippen molar-refractivity contribution < 1.29 is 19.1 Å². The maximum atomic E-state index is 12.2. The van der Waals surface area contributed by atoms with Gasteiger partial charge in [0.1, 0.15) is 18.7 Å². The van der Waals surface area contributed by atoms with Gasteiger partial charge in [-0.1, -0.05) is 12.2 Å². The standard InChI is InChI=1S/C13H18N2O4/c1-3-4-7-19-10(16)8-15-11(17)13(2,9-5-6-9)14-12(15)18/h3-4,9H,5-8H2,1-2H3,(H,14,18). The molecule has 2 rings (SSSR count). The van der Waals surface area contributed by atoms with Gasteiger partial charge in [0.2, 0.25) is 0 Å². The molecule has 0 radical (unpaired) electrons. The number of carbonyl (C=O) groups is 3. The molecule has 6 heteroatoms. The number of urea groups is 1. The van der Waals surface area contributed by atoms with Gasteiger partial charge in [-0.3, -0.25) is 14.5 Å². The number of rotatable bonds is 5. The molecule has 1 atom stereocenters. The first-order valence-corrected chi connectivity index (χ1v) is 6.40. The second-order valence-corrected chi connectivity index (χ2v) is 5.05. The van der Waals surface area contributed by atoms with Gasteiger partial charge in [-0.2, -0.15) is 0 Å². The largest absolute Gasteiger partial charge is 0.460 e. The number of amides is 3. The van der Waals surface area contributed by atoms with E-state index in [2.05, 4.69) is 5.32 Å². The van der Waals surface area contributed by atoms with E-state index in [0.29, 0.717) is 0 Å². The van der Waals surface area contributed by atoms with E-state index in [9.17, 15) is 14.4 Å². The molecule has 0 bridgehead atoms. The third-order valence-corrected chi connectivity index (χ3v) is 3.56. The van der Waals surface area contributed by atoms with E-state index < -0.39 is 17.5 Å². The Morgan fingerprint density at radius 2 is 2.21 bits per heavy atom. The number of nitrogens with one attached hydrogen (secondary N) is 1. The van der Waals surface area contributed by atoms with E-state index in [1.165, 1.54) is 0 Å². The summed E-state index contributed by atoms with van der Waals surface area (Å²) in [5, 5.41) is 2.68. The highest BCUT2D eigenvalue weighted by atomic mass is 16.5. The second-order valence-electron chi connectivity index (χ2n) is 5.05. The van der Waals surface area contributed by atoms with Gasteiger partial charge in [-0.05, 0) is 32.6 Å². The summed E-state index contributed by atoms with van der Waals surface area (Å²) < 4.78 is 4.89. The van der Waals surface area contributed by atoms with Crippen molar-refractivity contribution in [1.82, 2.24) is 10.2 Å². The van der Waals surface area contributed by atoms with Crippen molar-refractivity contribution in [2.24, 2.45) is 5.92 Å². The van der Waals surface area contributed by atoms with Crippen LogP contribution in [0.2, 0.25) is 0 Å². The maximum Gasteiger partial charge on any atom is 0.326 e. The lowest BCUT2D eigenvalue weighted by Gasteiger charge is -2.20. The normalized spacial score (nSPS) is 26.9. The predicted molar refractivity (Wildman–Crippen MR) is 67.1 cm³/mol. The van der Waals surface area contributed by atoms with Crippen LogP contribution in [0, 0.1) is 5.92 Å². The van der Waals surface area contributed by atoms with Crippen LogP contribution in [0.15, 0.2) is 12.2 Å². The van der Waals surface area contributed by atoms with Crippen molar-refractivity contribution in [3.05, 3.63) is 12.2 Å². The molecular formula is C13H18N2O4. The van der Waals surface area contributed by atoms with Crippen molar-refractivity contribution in [3.8, 4) is 0 Å². The van der Waals surface area contributed by atoms with E-state index in [0.717, 1.165) is 17.7 Å². The van der Waals surface area contributed by atoms with Gasteiger partial charge in [0.05, 0.1) is 0 Å². The van der Waals surface area contributed by atoms with Crippen molar-refractivity contribution in [2.45, 2.75) is 32.2 Å². The summed E-state index contributed by atoms with van der Waals surface area (Å²) >= 11 is 0. The molecular weight excluding hydrogens is 248 g/mol. The molecule has 1 saturated carbocycles. The molecule has 3 amide bonds. The Kier molecular flexibility index (Phi) is 3.59. The number of imide groups is 1. The minimum absolute atomic E-state index is 0.152. The van der Waals surface area contributed by atoms with Crippen LogP contribution >= 0.6 is 0 Å². The van der Waals surface area contributed by atoms with Gasteiger partial charge in [-0.15, -0.1) is 0 Å². The Hall–Kier alpha value is -1.85. The average Bonchev–Trinajstić information content (AvgIpc) is 3.16. The fourth-order valence-corrected chi connectivity index (χ4v) is 2.21. The molecule has 0 aromatic carbocycles. The van der Waals surface area contributed by atoms with Gasteiger partial charge in [-0.25, -0.2) is 4.79 Å². The first kappa shape index (κ1) is 13.6. The highest BCUT2D eigenvalue weighted by molar-refractivity contribution is 6.08. The zero-order valence-electron chi connectivity index (χ0n) is 11.1. The Balaban J connectivity index is 1.95. The third-order valence-electron chi connectivity index (χ3n) is 3.56. The van der Waals surface area contributed by atoms with Gasteiger partial charge >= 0.3 is 12.0 Å². The van der Waals surface area contributed by atoms with Gasteiger partial charge < -0.3 is 10.1 Å². The van der Waals surface area contributed by atoms with Gasteiger partial charge in [0.25, 0.3) is 5.91 Å². The monoisotopic (exact) mass is 266 g/mol. The number of allylic oxidation sites excluding steroid dienone is 1. The Morgan fingerprint density at radius 3 is 2.79 bits per heavy atom. The van der Waals surface area contributed by atoms with Crippen LogP contribution in [0.3, 0.4) is 0 Å². The first-order valence-electron chi connectivity index (χ1n) is 6.40. The highest BCUT2D eigenvalue weighted by Gasteiger charge is 2.56. The summed E-state index contributed by atoms with van der Waals surface area (Å²) in [4.78, 5) is 36.4. The molecule has 0 spiro atoms. The zero-order valence-corrected chi connectivity index (χ0v) is 11.1. The van der Waals surface area contributed by atoms with E-state index in [1.54, 1.807) is 19.1 Å². The molecule has 1 N–H and O–H groups in total. The van der Waals surface area contributed by atoms with Crippen LogP contribution in [0.5, 0.6) is 0 Å². The van der Waals surface area contributed by atoms with Gasteiger partial charge in [0.15, 0.2) is 0 Å². The molecule has 2 aliphatic rings. The number of nitrogens with zero attached hydrogens (tertiary/aromatic N) is 1. The lowest BCUT2D eigenvalue weighted by Crippen LogP contribution is -2.46. The van der Waals surface area contributed by atoms with Crippen molar-refractivity contribution in [1.29, 1.82) is 0 Å². The summed E-state index contributed by atoms with van der Waals surface area (Å²) in [6.45, 7) is 3.35. The molecule has 2 fully saturated rings. The molecule has 6 nitrogen and oxygen atoms in total. The van der Waals surface area contributed by atoms with E-state index in [-0.39, 0.29) is 25.0 Å². The molecule has 1 saturated heterocycles. The first-order chi connectivity index (χ1) is 8.99. The van der Waals surface area contributed by atoms with Crippen molar-refractivity contribution in [3.63, 3.8) is 0 Å². The summed E-state index contributed by atoms with van der Waals surface area (Å²) in [7, 11) is 0. The number of hydrogen-bond acceptors (Lipinski definition) is 4. The smallest absolute Gasteiger partial charge is 0.326 e. The Bertz CT molecular complexity index is 442. The SMILES string of the molecule is CC=CCOC(=O)CN1C(=O)NC(C)(C2CC2)C1=O. The van der Waals surface area contributed by atoms with Crippen LogP contribution < -0.4 is 5.32 Å². The topological polar surface area (TPSA) is 75.7 Å². The van der Waals surface area contributed by atoms with Gasteiger partial charge in [0, 0.05) is 0 Å². The maximum absolute atomic E-state index is 12.2. The lowest BCUT2D eigenvalue weighted by atomic mass is 9.96. The molecule has 0 aromatic rings. The lowest BCUT2D eigenvalue weighted by molar-refractivity contribution is -0.146. The van der Waals surface area contributed by atoms with Crippen LogP contribution in [0.4, 0.5) is 4.79 Å². The third kappa shape index (κ3) is 2.62. The minimum atomic E-state index is -0.847. The number of hydrogen-bond donors (Lipinski definition) is 1. The van der Waals surface area contributed by atoms with Crippen LogP contribution in [-0.4, -0.2) is 41.5 Å². The molecule has 1 aliphatic heterocycles. The molecule has 19 heavy (non-hydrogen) atoms. The van der Waals surface area contributed by atoms with Crippen molar-refractivity contribution >= 4 is 17.9 Å².